The summed E-state index contributed by atoms with van der Waals surface area (Å²) in [6.07, 6.45) is 10.7. The van der Waals surface area contributed by atoms with Crippen LogP contribution in [0.4, 0.5) is 0 Å². The SMILES string of the molecule is Cc1c(-c2ccc(-c3nc(-c4cc5ccccc5c5ccccc45)cc(-c4cc5ccccc5c5ccccc45)n3)cc2)nc2ccncn12.Cc1c(-c2ccc(-c3nc(-c4ccc5ccccc5c4)cc(-c4ccc5ccccc5c4)n3)cc2)nc2ccncn12.Cc1c(-c2ccc(-c3nc(-c4ccccc4)cc(-c4ccccc4)n3)cc2)nc2ccncn12. The van der Waals surface area contributed by atoms with Gasteiger partial charge in [0.1, 0.15) is 35.9 Å². The maximum absolute atomic E-state index is 5.31. The molecule has 0 fully saturated rings. The van der Waals surface area contributed by atoms with Crippen LogP contribution in [-0.4, -0.2) is 73.0 Å². The fraction of sp³-hybridized carbons (Fsp3) is 0.0270. The van der Waals surface area contributed by atoms with Gasteiger partial charge in [-0.15, -0.1) is 0 Å². The highest BCUT2D eigenvalue weighted by Gasteiger charge is 2.22. The van der Waals surface area contributed by atoms with E-state index in [0.717, 1.165) is 163 Å². The van der Waals surface area contributed by atoms with Gasteiger partial charge in [-0.1, -0.05) is 303 Å². The van der Waals surface area contributed by atoms with E-state index in [2.05, 4.69) is 345 Å². The van der Waals surface area contributed by atoms with Gasteiger partial charge in [-0.05, 0) is 146 Å². The van der Waals surface area contributed by atoms with Crippen molar-refractivity contribution < 1.29 is 0 Å². The molecule has 0 aliphatic rings. The Morgan fingerprint density at radius 1 is 0.183 bits per heavy atom. The zero-order valence-corrected chi connectivity index (χ0v) is 68.8. The van der Waals surface area contributed by atoms with E-state index < -0.39 is 0 Å². The van der Waals surface area contributed by atoms with Gasteiger partial charge in [0.15, 0.2) is 17.5 Å². The second kappa shape index (κ2) is 32.2. The second-order valence-corrected chi connectivity index (χ2v) is 31.4. The molecule has 0 saturated carbocycles. The summed E-state index contributed by atoms with van der Waals surface area (Å²) in [6.45, 7) is 6.20. The molecule has 0 amide bonds. The molecule has 0 aliphatic heterocycles. The smallest absolute Gasteiger partial charge is 0.160 e. The van der Waals surface area contributed by atoms with Crippen molar-refractivity contribution in [3.8, 4) is 135 Å². The van der Waals surface area contributed by atoms with Crippen LogP contribution in [0.1, 0.15) is 17.1 Å². The van der Waals surface area contributed by atoms with Crippen molar-refractivity contribution in [3.63, 3.8) is 0 Å². The number of nitrogens with zero attached hydrogens (tertiary/aromatic N) is 15. The molecule has 0 saturated heterocycles. The summed E-state index contributed by atoms with van der Waals surface area (Å²) < 4.78 is 6.03. The Kier molecular flexibility index (Phi) is 19.2. The monoisotopic (exact) mass is 1620 g/mol. The topological polar surface area (TPSA) is 168 Å². The first-order valence-corrected chi connectivity index (χ1v) is 41.9. The summed E-state index contributed by atoms with van der Waals surface area (Å²) in [5, 5.41) is 14.4. The molecule has 15 aromatic carbocycles. The van der Waals surface area contributed by atoms with Gasteiger partial charge < -0.3 is 0 Å². The molecule has 15 heteroatoms. The third kappa shape index (κ3) is 14.3. The quantitative estimate of drug-likeness (QED) is 0.106. The number of aromatic nitrogens is 15. The maximum atomic E-state index is 5.31. The van der Waals surface area contributed by atoms with E-state index in [1.54, 1.807) is 31.2 Å². The van der Waals surface area contributed by atoms with Crippen LogP contribution in [0.15, 0.2) is 402 Å². The Morgan fingerprint density at radius 3 is 0.802 bits per heavy atom. The van der Waals surface area contributed by atoms with E-state index in [1.807, 2.05) is 74.1 Å². The van der Waals surface area contributed by atoms with Crippen molar-refractivity contribution in [3.05, 3.63) is 419 Å². The minimum Gasteiger partial charge on any atom is -0.287 e. The molecule has 0 bridgehead atoms. The van der Waals surface area contributed by atoms with Crippen molar-refractivity contribution >= 4 is 81.6 Å². The molecule has 0 unspecified atom stereocenters. The van der Waals surface area contributed by atoms with Crippen LogP contribution in [0, 0.1) is 20.8 Å². The van der Waals surface area contributed by atoms with Crippen molar-refractivity contribution in [2.75, 3.05) is 0 Å². The third-order valence-electron chi connectivity index (χ3n) is 23.8. The van der Waals surface area contributed by atoms with Crippen molar-refractivity contribution in [1.82, 2.24) is 73.0 Å². The Hall–Kier alpha value is -17.0. The molecule has 24 aromatic rings. The summed E-state index contributed by atoms with van der Waals surface area (Å²) in [5.41, 5.74) is 26.4. The van der Waals surface area contributed by atoms with Crippen molar-refractivity contribution in [2.24, 2.45) is 0 Å². The van der Waals surface area contributed by atoms with E-state index in [0.29, 0.717) is 17.5 Å². The molecular weight excluding hydrogens is 1540 g/mol. The van der Waals surface area contributed by atoms with Crippen LogP contribution in [0.25, 0.3) is 217 Å². The number of aryl methyl sites for hydroxylation is 3. The largest absolute Gasteiger partial charge is 0.287 e. The maximum Gasteiger partial charge on any atom is 0.160 e. The van der Waals surface area contributed by atoms with Crippen LogP contribution in [0.5, 0.6) is 0 Å². The molecule has 24 rings (SSSR count). The fourth-order valence-electron chi connectivity index (χ4n) is 17.2. The van der Waals surface area contributed by atoms with E-state index in [1.165, 1.54) is 53.9 Å². The lowest BCUT2D eigenvalue weighted by Gasteiger charge is -2.15. The predicted molar refractivity (Wildman–Crippen MR) is 510 cm³/mol. The lowest BCUT2D eigenvalue weighted by molar-refractivity contribution is 1.04. The molecular formula is C111H75N15. The number of hydrogen-bond acceptors (Lipinski definition) is 12. The molecule has 594 valence electrons. The summed E-state index contributed by atoms with van der Waals surface area (Å²) in [6, 6.07) is 126. The van der Waals surface area contributed by atoms with Crippen LogP contribution < -0.4 is 0 Å². The molecule has 0 aliphatic carbocycles. The van der Waals surface area contributed by atoms with E-state index in [9.17, 15) is 0 Å². The van der Waals surface area contributed by atoms with Gasteiger partial charge >= 0.3 is 0 Å². The van der Waals surface area contributed by atoms with Crippen LogP contribution in [0.2, 0.25) is 0 Å². The molecule has 0 atom stereocenters. The fourth-order valence-corrected chi connectivity index (χ4v) is 17.2. The average Bonchev–Trinajstić information content (AvgIpc) is 0.957. The number of imidazole rings is 3. The molecule has 15 nitrogen and oxygen atoms in total. The summed E-state index contributed by atoms with van der Waals surface area (Å²) in [5.74, 6) is 2.06. The van der Waals surface area contributed by atoms with Gasteiger partial charge in [0.05, 0.1) is 51.2 Å². The first-order chi connectivity index (χ1) is 62.1. The highest BCUT2D eigenvalue weighted by Crippen LogP contribution is 2.42. The van der Waals surface area contributed by atoms with Gasteiger partial charge in [0.25, 0.3) is 0 Å². The molecule has 0 N–H and O–H groups in total. The molecule has 126 heavy (non-hydrogen) atoms. The van der Waals surface area contributed by atoms with Gasteiger partial charge in [0, 0.05) is 102 Å². The van der Waals surface area contributed by atoms with Crippen LogP contribution >= 0.6 is 0 Å². The molecule has 0 radical (unpaired) electrons. The minimum atomic E-state index is 0.675. The van der Waals surface area contributed by atoms with Gasteiger partial charge in [-0.3, -0.25) is 13.2 Å². The molecule has 0 spiro atoms. The first-order valence-electron chi connectivity index (χ1n) is 41.9. The predicted octanol–water partition coefficient (Wildman–Crippen LogP) is 26.4. The Bertz CT molecular complexity index is 8020. The third-order valence-corrected chi connectivity index (χ3v) is 23.8. The van der Waals surface area contributed by atoms with Crippen LogP contribution in [-0.2, 0) is 0 Å². The second-order valence-electron chi connectivity index (χ2n) is 31.4. The minimum absolute atomic E-state index is 0.675. The zero-order valence-electron chi connectivity index (χ0n) is 68.8. The van der Waals surface area contributed by atoms with Crippen molar-refractivity contribution in [1.29, 1.82) is 0 Å². The number of rotatable bonds is 12. The first kappa shape index (κ1) is 75.2. The van der Waals surface area contributed by atoms with E-state index in [-0.39, 0.29) is 0 Å². The number of fused-ring (bicyclic) bond motifs is 11. The summed E-state index contributed by atoms with van der Waals surface area (Å²) in [7, 11) is 0. The standard InChI is InChI=1S/C45H29N5.C37H25N5.C29H21N5/c1-28-44(49-43-22-23-46-27-50(28)43)29-18-20-30(21-19-29)45-47-41(39-24-31-10-2-4-12-33(31)35-14-6-8-16-37(35)39)26-42(48-45)40-25-32-11-3-5-13-34(32)36-15-7-9-17-38(36)40;1-24-36(41-35-18-19-38-23-42(24)35)27-12-14-28(15-13-27)37-39-33(31-16-10-25-6-2-4-8-29(25)20-31)22-34(40-37)32-17-11-26-7-3-5-9-30(26)21-32;1-20-28(33-27-16-17-30-19-34(20)27)23-12-14-24(15-13-23)29-31-25(21-8-4-2-5-9-21)18-26(32-29)22-10-6-3-7-11-22/h2-27H,1H3;2-23H,1H3;2-19H,1H3. The number of benzene rings is 15. The lowest BCUT2D eigenvalue weighted by Crippen LogP contribution is -1.97. The Balaban J connectivity index is 0.000000114. The highest BCUT2D eigenvalue weighted by atomic mass is 15.1. The van der Waals surface area contributed by atoms with Crippen molar-refractivity contribution in [2.45, 2.75) is 20.8 Å². The molecule has 9 aromatic heterocycles. The molecule has 9 heterocycles. The number of hydrogen-bond donors (Lipinski definition) is 0. The van der Waals surface area contributed by atoms with Gasteiger partial charge in [0.2, 0.25) is 0 Å². The van der Waals surface area contributed by atoms with Crippen LogP contribution in [0.3, 0.4) is 0 Å². The van der Waals surface area contributed by atoms with E-state index >= 15 is 0 Å². The highest BCUT2D eigenvalue weighted by molar-refractivity contribution is 6.15. The zero-order chi connectivity index (χ0) is 84.1. The van der Waals surface area contributed by atoms with Gasteiger partial charge in [-0.2, -0.15) is 0 Å². The summed E-state index contributed by atoms with van der Waals surface area (Å²) in [4.78, 5) is 57.9. The van der Waals surface area contributed by atoms with Gasteiger partial charge in [-0.25, -0.2) is 59.8 Å². The average molecular weight is 1620 g/mol. The lowest BCUT2D eigenvalue weighted by atomic mass is 9.93. The summed E-state index contributed by atoms with van der Waals surface area (Å²) >= 11 is 0. The Morgan fingerprint density at radius 2 is 0.452 bits per heavy atom. The Labute approximate surface area is 724 Å². The normalized spacial score (nSPS) is 11.5. The van der Waals surface area contributed by atoms with E-state index in [4.69, 9.17) is 44.9 Å².